The Labute approximate surface area is 150 Å². The molecule has 0 saturated carbocycles. The summed E-state index contributed by atoms with van der Waals surface area (Å²) in [5.74, 6) is 0.489. The number of halogens is 1. The molecule has 0 bridgehead atoms. The predicted octanol–water partition coefficient (Wildman–Crippen LogP) is 2.81. The Bertz CT molecular complexity index is 985. The van der Waals surface area contributed by atoms with Gasteiger partial charge >= 0.3 is 0 Å². The molecule has 0 aliphatic carbocycles. The number of piperidine rings is 1. The fraction of sp³-hybridized carbons (Fsp3) is 0.333. The summed E-state index contributed by atoms with van der Waals surface area (Å²) in [6.07, 6.45) is 3.53. The van der Waals surface area contributed by atoms with E-state index in [4.69, 9.17) is 17.3 Å². The number of pyridine rings is 1. The molecule has 4 rings (SSSR count). The molecule has 0 unspecified atom stereocenters. The zero-order valence-corrected chi connectivity index (χ0v) is 14.7. The maximum atomic E-state index is 12.1. The molecule has 1 aliphatic rings. The Morgan fingerprint density at radius 2 is 2.08 bits per heavy atom. The number of aryl methyl sites for hydroxylation is 1. The third-order valence-corrected chi connectivity index (χ3v) is 5.13. The normalized spacial score (nSPS) is 15.9. The van der Waals surface area contributed by atoms with E-state index in [1.807, 2.05) is 6.92 Å². The highest BCUT2D eigenvalue weighted by molar-refractivity contribution is 6.33. The van der Waals surface area contributed by atoms with E-state index in [0.29, 0.717) is 22.5 Å². The summed E-state index contributed by atoms with van der Waals surface area (Å²) in [5.41, 5.74) is 10.1. The lowest BCUT2D eigenvalue weighted by Gasteiger charge is -2.32. The van der Waals surface area contributed by atoms with Gasteiger partial charge in [0.1, 0.15) is 11.4 Å². The van der Waals surface area contributed by atoms with E-state index in [2.05, 4.69) is 32.0 Å². The van der Waals surface area contributed by atoms with Gasteiger partial charge in [0.25, 0.3) is 5.56 Å². The van der Waals surface area contributed by atoms with Crippen molar-refractivity contribution in [1.82, 2.24) is 15.0 Å². The molecule has 0 spiro atoms. The van der Waals surface area contributed by atoms with E-state index in [-0.39, 0.29) is 5.56 Å². The largest absolute Gasteiger partial charge is 0.371 e. The van der Waals surface area contributed by atoms with Crippen LogP contribution in [0.15, 0.2) is 29.2 Å². The second kappa shape index (κ2) is 6.20. The summed E-state index contributed by atoms with van der Waals surface area (Å²) in [6.45, 7) is 3.94. The van der Waals surface area contributed by atoms with E-state index in [1.165, 1.54) is 6.20 Å². The minimum Gasteiger partial charge on any atom is -0.371 e. The molecule has 0 amide bonds. The number of hydrogen-bond donors (Lipinski definition) is 3. The molecule has 1 aliphatic heterocycles. The molecule has 1 aromatic carbocycles. The molecule has 4 N–H and O–H groups in total. The van der Waals surface area contributed by atoms with Crippen molar-refractivity contribution in [1.29, 1.82) is 0 Å². The quantitative estimate of drug-likeness (QED) is 0.657. The number of nitrogens with two attached hydrogens (primary N) is 1. The van der Waals surface area contributed by atoms with E-state index in [0.717, 1.165) is 48.2 Å². The van der Waals surface area contributed by atoms with E-state index < -0.39 is 0 Å². The summed E-state index contributed by atoms with van der Waals surface area (Å²) in [7, 11) is 0. The Hall–Kier alpha value is -2.31. The third-order valence-electron chi connectivity index (χ3n) is 4.81. The van der Waals surface area contributed by atoms with Crippen molar-refractivity contribution in [2.24, 2.45) is 5.73 Å². The number of rotatable bonds is 2. The van der Waals surface area contributed by atoms with E-state index in [9.17, 15) is 4.79 Å². The van der Waals surface area contributed by atoms with Gasteiger partial charge < -0.3 is 20.6 Å². The Balaban J connectivity index is 1.79. The molecule has 1 fully saturated rings. The standard InChI is InChI=1S/C18H20ClN5O/c1-10-8-12(24-6-3-11(20)4-7-24)9-14-16(10)23-17(22-14)15-13(19)2-5-21-18(15)25/h2,5,8-9,11H,3-4,6-7,20H2,1H3,(H,21,25)(H,22,23). The van der Waals surface area contributed by atoms with Crippen molar-refractivity contribution in [3.05, 3.63) is 45.3 Å². The van der Waals surface area contributed by atoms with Gasteiger partial charge in [-0.2, -0.15) is 0 Å². The summed E-state index contributed by atoms with van der Waals surface area (Å²) in [4.78, 5) is 25.0. The van der Waals surface area contributed by atoms with Crippen molar-refractivity contribution in [3.63, 3.8) is 0 Å². The first-order chi connectivity index (χ1) is 12.0. The Morgan fingerprint density at radius 3 is 2.80 bits per heavy atom. The van der Waals surface area contributed by atoms with E-state index in [1.54, 1.807) is 6.07 Å². The zero-order chi connectivity index (χ0) is 17.6. The van der Waals surface area contributed by atoms with Gasteiger partial charge in [-0.1, -0.05) is 11.6 Å². The fourth-order valence-corrected chi connectivity index (χ4v) is 3.64. The molecule has 0 atom stereocenters. The number of nitrogens with one attached hydrogen (secondary N) is 2. The van der Waals surface area contributed by atoms with Crippen LogP contribution in [0.5, 0.6) is 0 Å². The number of H-pyrrole nitrogens is 2. The first-order valence-electron chi connectivity index (χ1n) is 8.41. The lowest BCUT2D eigenvalue weighted by Crippen LogP contribution is -2.39. The number of hydrogen-bond acceptors (Lipinski definition) is 4. The first kappa shape index (κ1) is 16.2. The van der Waals surface area contributed by atoms with Gasteiger partial charge in [0.15, 0.2) is 0 Å². The van der Waals surface area contributed by atoms with Crippen molar-refractivity contribution in [2.75, 3.05) is 18.0 Å². The number of aromatic nitrogens is 3. The van der Waals surface area contributed by atoms with Crippen molar-refractivity contribution in [3.8, 4) is 11.4 Å². The lowest BCUT2D eigenvalue weighted by atomic mass is 10.0. The molecule has 130 valence electrons. The van der Waals surface area contributed by atoms with Gasteiger partial charge in [-0.3, -0.25) is 4.79 Å². The molecule has 0 radical (unpaired) electrons. The molecule has 3 aromatic rings. The van der Waals surface area contributed by atoms with Crippen LogP contribution in [0.2, 0.25) is 5.02 Å². The van der Waals surface area contributed by atoms with Crippen molar-refractivity contribution < 1.29 is 0 Å². The van der Waals surface area contributed by atoms with Crippen LogP contribution in [0.25, 0.3) is 22.4 Å². The number of aromatic amines is 2. The molecule has 7 heteroatoms. The summed E-state index contributed by atoms with van der Waals surface area (Å²) in [6, 6.07) is 6.18. The van der Waals surface area contributed by atoms with Crippen LogP contribution in [-0.2, 0) is 0 Å². The average molecular weight is 358 g/mol. The maximum absolute atomic E-state index is 12.1. The van der Waals surface area contributed by atoms with E-state index >= 15 is 0 Å². The molecule has 3 heterocycles. The summed E-state index contributed by atoms with van der Waals surface area (Å²) < 4.78 is 0. The van der Waals surface area contributed by atoms with Gasteiger partial charge in [-0.25, -0.2) is 4.98 Å². The van der Waals surface area contributed by atoms with Crippen LogP contribution in [0.1, 0.15) is 18.4 Å². The predicted molar refractivity (Wildman–Crippen MR) is 101 cm³/mol. The average Bonchev–Trinajstić information content (AvgIpc) is 2.99. The summed E-state index contributed by atoms with van der Waals surface area (Å²) >= 11 is 6.20. The van der Waals surface area contributed by atoms with Crippen molar-refractivity contribution in [2.45, 2.75) is 25.8 Å². The minimum absolute atomic E-state index is 0.255. The fourth-order valence-electron chi connectivity index (χ4n) is 3.41. The van der Waals surface area contributed by atoms with Gasteiger partial charge in [-0.15, -0.1) is 0 Å². The third kappa shape index (κ3) is 2.92. The SMILES string of the molecule is Cc1cc(N2CCC(N)CC2)cc2[nH]c(-c3c(Cl)cc[nH]c3=O)nc12. The maximum Gasteiger partial charge on any atom is 0.260 e. The van der Waals surface area contributed by atoms with Crippen LogP contribution in [0.3, 0.4) is 0 Å². The van der Waals surface area contributed by atoms with Crippen LogP contribution >= 0.6 is 11.6 Å². The van der Waals surface area contributed by atoms with Crippen LogP contribution < -0.4 is 16.2 Å². The smallest absolute Gasteiger partial charge is 0.260 e. The molecular formula is C18H20ClN5O. The summed E-state index contributed by atoms with van der Waals surface area (Å²) in [5, 5.41) is 0.380. The highest BCUT2D eigenvalue weighted by atomic mass is 35.5. The number of fused-ring (bicyclic) bond motifs is 1. The monoisotopic (exact) mass is 357 g/mol. The molecule has 2 aromatic heterocycles. The topological polar surface area (TPSA) is 90.8 Å². The minimum atomic E-state index is -0.255. The Morgan fingerprint density at radius 1 is 1.32 bits per heavy atom. The molecule has 25 heavy (non-hydrogen) atoms. The van der Waals surface area contributed by atoms with Crippen LogP contribution in [-0.4, -0.2) is 34.1 Å². The molecular weight excluding hydrogens is 338 g/mol. The number of imidazole rings is 1. The highest BCUT2D eigenvalue weighted by Gasteiger charge is 2.19. The number of benzene rings is 1. The molecule has 6 nitrogen and oxygen atoms in total. The number of nitrogens with zero attached hydrogens (tertiary/aromatic N) is 2. The van der Waals surface area contributed by atoms with Crippen LogP contribution in [0, 0.1) is 6.92 Å². The zero-order valence-electron chi connectivity index (χ0n) is 14.0. The second-order valence-electron chi connectivity index (χ2n) is 6.60. The first-order valence-corrected chi connectivity index (χ1v) is 8.79. The second-order valence-corrected chi connectivity index (χ2v) is 7.01. The van der Waals surface area contributed by atoms with Gasteiger partial charge in [0.05, 0.1) is 16.1 Å². The number of anilines is 1. The highest BCUT2D eigenvalue weighted by Crippen LogP contribution is 2.29. The van der Waals surface area contributed by atoms with Crippen molar-refractivity contribution >= 4 is 28.3 Å². The van der Waals surface area contributed by atoms with Gasteiger partial charge in [0.2, 0.25) is 0 Å². The van der Waals surface area contributed by atoms with Crippen LogP contribution in [0.4, 0.5) is 5.69 Å². The van der Waals surface area contributed by atoms with Gasteiger partial charge in [-0.05, 0) is 43.5 Å². The Kier molecular flexibility index (Phi) is 4.01. The lowest BCUT2D eigenvalue weighted by molar-refractivity contribution is 0.501. The van der Waals surface area contributed by atoms with Gasteiger partial charge in [0, 0.05) is 31.0 Å². The molecule has 1 saturated heterocycles.